The molecule has 2 heterocycles. The molecule has 0 atom stereocenters. The van der Waals surface area contributed by atoms with Gasteiger partial charge in [0.15, 0.2) is 0 Å². The second-order valence-electron chi connectivity index (χ2n) is 6.19. The highest BCUT2D eigenvalue weighted by molar-refractivity contribution is 5.93. The summed E-state index contributed by atoms with van der Waals surface area (Å²) < 4.78 is 0. The van der Waals surface area contributed by atoms with Crippen LogP contribution in [0.15, 0.2) is 42.7 Å². The number of hydrogen-bond acceptors (Lipinski definition) is 5. The minimum atomic E-state index is -0.103. The van der Waals surface area contributed by atoms with Gasteiger partial charge in [-0.05, 0) is 18.6 Å². The Balaban J connectivity index is 1.54. The average Bonchev–Trinajstić information content (AvgIpc) is 2.69. The van der Waals surface area contributed by atoms with Crippen LogP contribution in [0.3, 0.4) is 0 Å². The van der Waals surface area contributed by atoms with E-state index in [-0.39, 0.29) is 5.91 Å². The molecule has 1 N–H and O–H groups in total. The van der Waals surface area contributed by atoms with Crippen LogP contribution in [0.25, 0.3) is 0 Å². The summed E-state index contributed by atoms with van der Waals surface area (Å²) >= 11 is 0. The molecule has 132 valence electrons. The molecule has 6 nitrogen and oxygen atoms in total. The molecular formula is C19H25N5O. The van der Waals surface area contributed by atoms with Gasteiger partial charge in [-0.1, -0.05) is 31.5 Å². The molecule has 0 aliphatic carbocycles. The largest absolute Gasteiger partial charge is 0.368 e. The predicted molar refractivity (Wildman–Crippen MR) is 100 cm³/mol. The summed E-state index contributed by atoms with van der Waals surface area (Å²) in [5, 5.41) is 2.88. The molecule has 1 saturated heterocycles. The van der Waals surface area contributed by atoms with E-state index < -0.39 is 0 Å². The number of amides is 1. The minimum absolute atomic E-state index is 0.103. The van der Waals surface area contributed by atoms with Gasteiger partial charge < -0.3 is 15.1 Å². The summed E-state index contributed by atoms with van der Waals surface area (Å²) in [7, 11) is 0. The normalized spacial score (nSPS) is 14.4. The van der Waals surface area contributed by atoms with Crippen molar-refractivity contribution >= 4 is 17.5 Å². The maximum atomic E-state index is 12.0. The van der Waals surface area contributed by atoms with Crippen LogP contribution in [0.4, 0.5) is 11.6 Å². The molecule has 0 unspecified atom stereocenters. The second kappa shape index (κ2) is 8.46. The van der Waals surface area contributed by atoms with Gasteiger partial charge >= 0.3 is 0 Å². The number of aromatic nitrogens is 2. The monoisotopic (exact) mass is 339 g/mol. The maximum absolute atomic E-state index is 12.0. The quantitative estimate of drug-likeness (QED) is 0.819. The topological polar surface area (TPSA) is 61.4 Å². The van der Waals surface area contributed by atoms with Crippen LogP contribution in [0.1, 0.15) is 30.1 Å². The van der Waals surface area contributed by atoms with E-state index in [9.17, 15) is 4.79 Å². The molecule has 25 heavy (non-hydrogen) atoms. The van der Waals surface area contributed by atoms with Crippen molar-refractivity contribution in [1.82, 2.24) is 15.3 Å². The molecule has 2 aromatic rings. The number of nitrogens with zero attached hydrogens (tertiary/aromatic N) is 4. The molecule has 1 fully saturated rings. The summed E-state index contributed by atoms with van der Waals surface area (Å²) in [4.78, 5) is 25.3. The van der Waals surface area contributed by atoms with Gasteiger partial charge in [0, 0.05) is 50.8 Å². The fourth-order valence-electron chi connectivity index (χ4n) is 2.89. The summed E-state index contributed by atoms with van der Waals surface area (Å²) in [5.41, 5.74) is 1.77. The van der Waals surface area contributed by atoms with Crippen molar-refractivity contribution in [2.75, 3.05) is 42.5 Å². The molecule has 1 aliphatic rings. The Labute approximate surface area is 148 Å². The number of rotatable bonds is 6. The Bertz CT molecular complexity index is 666. The van der Waals surface area contributed by atoms with Crippen molar-refractivity contribution in [2.24, 2.45) is 0 Å². The van der Waals surface area contributed by atoms with Crippen LogP contribution in [0, 0.1) is 0 Å². The number of nitrogens with one attached hydrogen (secondary N) is 1. The Hall–Kier alpha value is -2.63. The van der Waals surface area contributed by atoms with Crippen molar-refractivity contribution in [1.29, 1.82) is 0 Å². The third kappa shape index (κ3) is 4.47. The van der Waals surface area contributed by atoms with Crippen molar-refractivity contribution in [3.8, 4) is 0 Å². The van der Waals surface area contributed by atoms with E-state index in [2.05, 4.69) is 56.3 Å². The number of piperazine rings is 1. The summed E-state index contributed by atoms with van der Waals surface area (Å²) in [5.74, 6) is 0.590. The SMILES string of the molecule is CCCCNC(=O)c1cnc(N2CCN(c3ccccc3)CC2)nc1. The van der Waals surface area contributed by atoms with Gasteiger partial charge in [-0.25, -0.2) is 9.97 Å². The second-order valence-corrected chi connectivity index (χ2v) is 6.19. The number of para-hydroxylation sites is 1. The Morgan fingerprint density at radius 1 is 1.04 bits per heavy atom. The number of carbonyl (C=O) groups is 1. The molecule has 0 spiro atoms. The van der Waals surface area contributed by atoms with Gasteiger partial charge in [-0.2, -0.15) is 0 Å². The van der Waals surface area contributed by atoms with Crippen LogP contribution < -0.4 is 15.1 Å². The lowest BCUT2D eigenvalue weighted by molar-refractivity contribution is 0.0952. The van der Waals surface area contributed by atoms with E-state index in [1.165, 1.54) is 5.69 Å². The summed E-state index contributed by atoms with van der Waals surface area (Å²) in [6, 6.07) is 10.4. The van der Waals surface area contributed by atoms with Gasteiger partial charge in [-0.3, -0.25) is 4.79 Å². The summed E-state index contributed by atoms with van der Waals surface area (Å²) in [6.45, 7) is 6.41. The molecule has 0 saturated carbocycles. The molecular weight excluding hydrogens is 314 g/mol. The van der Waals surface area contributed by atoms with Gasteiger partial charge in [0.25, 0.3) is 5.91 Å². The van der Waals surface area contributed by atoms with Gasteiger partial charge in [0.05, 0.1) is 5.56 Å². The highest BCUT2D eigenvalue weighted by Gasteiger charge is 2.19. The van der Waals surface area contributed by atoms with Crippen LogP contribution in [-0.2, 0) is 0 Å². The van der Waals surface area contributed by atoms with Crippen molar-refractivity contribution in [3.63, 3.8) is 0 Å². The Morgan fingerprint density at radius 2 is 1.68 bits per heavy atom. The van der Waals surface area contributed by atoms with E-state index in [1.54, 1.807) is 12.4 Å². The Morgan fingerprint density at radius 3 is 2.32 bits per heavy atom. The average molecular weight is 339 g/mol. The lowest BCUT2D eigenvalue weighted by Crippen LogP contribution is -2.47. The highest BCUT2D eigenvalue weighted by Crippen LogP contribution is 2.17. The molecule has 0 bridgehead atoms. The van der Waals surface area contributed by atoms with Crippen LogP contribution in [-0.4, -0.2) is 48.6 Å². The van der Waals surface area contributed by atoms with Gasteiger partial charge in [0.1, 0.15) is 0 Å². The zero-order valence-corrected chi connectivity index (χ0v) is 14.7. The van der Waals surface area contributed by atoms with E-state index in [1.807, 2.05) is 6.07 Å². The number of benzene rings is 1. The van der Waals surface area contributed by atoms with Crippen LogP contribution >= 0.6 is 0 Å². The Kier molecular flexibility index (Phi) is 5.82. The smallest absolute Gasteiger partial charge is 0.254 e. The van der Waals surface area contributed by atoms with Crippen molar-refractivity contribution in [2.45, 2.75) is 19.8 Å². The predicted octanol–water partition coefficient (Wildman–Crippen LogP) is 2.33. The molecule has 1 aromatic heterocycles. The number of anilines is 2. The first-order valence-electron chi connectivity index (χ1n) is 8.93. The molecule has 1 aromatic carbocycles. The van der Waals surface area contributed by atoms with Crippen LogP contribution in [0.5, 0.6) is 0 Å². The minimum Gasteiger partial charge on any atom is -0.368 e. The number of unbranched alkanes of at least 4 members (excludes halogenated alkanes) is 1. The number of carbonyl (C=O) groups excluding carboxylic acids is 1. The van der Waals surface area contributed by atoms with Gasteiger partial charge in [0.2, 0.25) is 5.95 Å². The van der Waals surface area contributed by atoms with E-state index in [4.69, 9.17) is 0 Å². The number of hydrogen-bond donors (Lipinski definition) is 1. The fourth-order valence-corrected chi connectivity index (χ4v) is 2.89. The van der Waals surface area contributed by atoms with E-state index >= 15 is 0 Å². The first-order chi connectivity index (χ1) is 12.3. The van der Waals surface area contributed by atoms with Crippen molar-refractivity contribution in [3.05, 3.63) is 48.3 Å². The third-order valence-electron chi connectivity index (χ3n) is 4.40. The first kappa shape index (κ1) is 17.2. The maximum Gasteiger partial charge on any atom is 0.254 e. The lowest BCUT2D eigenvalue weighted by Gasteiger charge is -2.36. The van der Waals surface area contributed by atoms with Gasteiger partial charge in [-0.15, -0.1) is 0 Å². The molecule has 3 rings (SSSR count). The first-order valence-corrected chi connectivity index (χ1v) is 8.93. The lowest BCUT2D eigenvalue weighted by atomic mass is 10.2. The van der Waals surface area contributed by atoms with Crippen LogP contribution in [0.2, 0.25) is 0 Å². The summed E-state index contributed by atoms with van der Waals surface area (Å²) in [6.07, 6.45) is 5.28. The van der Waals surface area contributed by atoms with E-state index in [0.717, 1.165) is 39.0 Å². The van der Waals surface area contributed by atoms with Crippen molar-refractivity contribution < 1.29 is 4.79 Å². The molecule has 6 heteroatoms. The molecule has 1 amide bonds. The molecule has 0 radical (unpaired) electrons. The molecule has 1 aliphatic heterocycles. The third-order valence-corrected chi connectivity index (χ3v) is 4.40. The standard InChI is InChI=1S/C19H25N5O/c1-2-3-9-20-18(25)16-14-21-19(22-15-16)24-12-10-23(11-13-24)17-7-5-4-6-8-17/h4-8,14-15H,2-3,9-13H2,1H3,(H,20,25). The highest BCUT2D eigenvalue weighted by atomic mass is 16.1. The zero-order valence-electron chi connectivity index (χ0n) is 14.7. The van der Waals surface area contributed by atoms with E-state index in [0.29, 0.717) is 18.1 Å². The fraction of sp³-hybridized carbons (Fsp3) is 0.421. The zero-order chi connectivity index (χ0) is 17.5.